The zero-order chi connectivity index (χ0) is 51.3. The summed E-state index contributed by atoms with van der Waals surface area (Å²) in [6.07, 6.45) is 22.3. The number of aromatic hydroxyl groups is 2. The van der Waals surface area contributed by atoms with Gasteiger partial charge in [-0.1, -0.05) is 92.5 Å². The van der Waals surface area contributed by atoms with Crippen LogP contribution >= 0.6 is 0 Å². The normalized spacial score (nSPS) is 21.8. The quantitative estimate of drug-likeness (QED) is 0.0394. The molecular weight excluding hydrogens is 907 g/mol. The van der Waals surface area contributed by atoms with E-state index in [0.29, 0.717) is 63.2 Å². The number of fused-ring (bicyclic) bond motifs is 3. The summed E-state index contributed by atoms with van der Waals surface area (Å²) in [7, 11) is 2.16. The maximum Gasteiger partial charge on any atom is 0.342 e. The van der Waals surface area contributed by atoms with Crippen LogP contribution in [0, 0.1) is 0 Å². The molecule has 1 saturated heterocycles. The molecule has 2 atom stereocenters. The second kappa shape index (κ2) is 24.8. The third kappa shape index (κ3) is 13.3. The number of allylic oxidation sites excluding steroid dienone is 5. The molecule has 4 aliphatic heterocycles. The number of piperidine rings is 1. The Kier molecular flexibility index (Phi) is 18.4. The molecule has 0 radical (unpaired) electrons. The molecule has 3 aromatic rings. The third-order valence-corrected chi connectivity index (χ3v) is 14.4. The summed E-state index contributed by atoms with van der Waals surface area (Å²) in [5, 5.41) is 28.4. The third-order valence-electron chi connectivity index (χ3n) is 14.4. The van der Waals surface area contributed by atoms with Crippen LogP contribution in [0.15, 0.2) is 114 Å². The van der Waals surface area contributed by atoms with Crippen molar-refractivity contribution in [2.75, 3.05) is 51.3 Å². The van der Waals surface area contributed by atoms with E-state index < -0.39 is 17.8 Å². The Labute approximate surface area is 426 Å². The Balaban J connectivity index is 0.868. The molecular formula is C59H76N5O8+. The standard InChI is InChI=1S/C59H75N5O8/c1-42-22-18-24-46(25-19-23-44(61-71-41-55(68)63-34-15-9-16-35-63)38-43-39-45(65)40-51(66)56(43)57(69)72-42)70-37-21-33-60-54(67)32-10-7-8-17-36-64-50-29-14-12-27-48(50)59(4,5)53(64)31-20-30-52-58(2,3)47-26-11-13-28-49(47)62(52)6/h11-14,18-20,23-24,26-31,39-40,42,46H,7-10,15-17,21-22,25,32-38,41H2,1-6H3,(H2-,60,65,66,67,69)/p+1/b23-19+,24-18+,61-44?/t42-,46-/m1/s1. The molecule has 13 heteroatoms. The van der Waals surface area contributed by atoms with E-state index in [1.807, 2.05) is 18.2 Å². The number of benzene rings is 3. The van der Waals surface area contributed by atoms with Crippen molar-refractivity contribution in [2.24, 2.45) is 5.16 Å². The lowest BCUT2D eigenvalue weighted by atomic mass is 9.81. The number of para-hydroxylation sites is 2. The predicted molar refractivity (Wildman–Crippen MR) is 284 cm³/mol. The van der Waals surface area contributed by atoms with Gasteiger partial charge in [0.15, 0.2) is 12.3 Å². The molecule has 3 N–H and O–H groups in total. The van der Waals surface area contributed by atoms with Crippen molar-refractivity contribution in [3.05, 3.63) is 131 Å². The number of phenols is 2. The summed E-state index contributed by atoms with van der Waals surface area (Å²) in [5.74, 6) is -1.48. The van der Waals surface area contributed by atoms with Gasteiger partial charge in [-0.25, -0.2) is 4.79 Å². The van der Waals surface area contributed by atoms with Crippen LogP contribution in [-0.2, 0) is 41.2 Å². The van der Waals surface area contributed by atoms with Crippen LogP contribution in [0.4, 0.5) is 11.4 Å². The number of carbonyl (C=O) groups excluding carboxylic acids is 3. The summed E-state index contributed by atoms with van der Waals surface area (Å²) in [6, 6.07) is 19.9. The average Bonchev–Trinajstić information content (AvgIpc) is 3.68. The molecule has 0 spiro atoms. The highest BCUT2D eigenvalue weighted by Gasteiger charge is 2.43. The second-order valence-electron chi connectivity index (χ2n) is 20.6. The van der Waals surface area contributed by atoms with Crippen molar-refractivity contribution in [1.82, 2.24) is 10.2 Å². The van der Waals surface area contributed by atoms with Gasteiger partial charge < -0.3 is 39.6 Å². The van der Waals surface area contributed by atoms with Crippen LogP contribution < -0.4 is 10.2 Å². The molecule has 7 rings (SSSR count). The first kappa shape index (κ1) is 53.3. The smallest absolute Gasteiger partial charge is 0.342 e. The number of esters is 1. The van der Waals surface area contributed by atoms with Gasteiger partial charge in [-0.05, 0) is 101 Å². The second-order valence-corrected chi connectivity index (χ2v) is 20.6. The Morgan fingerprint density at radius 1 is 0.917 bits per heavy atom. The number of nitrogens with one attached hydrogen (secondary N) is 1. The van der Waals surface area contributed by atoms with E-state index in [0.717, 1.165) is 57.6 Å². The minimum absolute atomic E-state index is 0.00665. The lowest BCUT2D eigenvalue weighted by molar-refractivity contribution is -0.401. The minimum Gasteiger partial charge on any atom is -0.508 e. The topological polar surface area (TPSA) is 153 Å². The van der Waals surface area contributed by atoms with E-state index in [1.54, 1.807) is 17.9 Å². The van der Waals surface area contributed by atoms with Gasteiger partial charge in [-0.2, -0.15) is 4.58 Å². The number of anilines is 1. The van der Waals surface area contributed by atoms with E-state index in [4.69, 9.17) is 14.3 Å². The van der Waals surface area contributed by atoms with Crippen molar-refractivity contribution in [3.63, 3.8) is 0 Å². The molecule has 0 aromatic heterocycles. The van der Waals surface area contributed by atoms with Gasteiger partial charge in [0.2, 0.25) is 11.6 Å². The number of hydrogen-bond acceptors (Lipinski definition) is 10. The van der Waals surface area contributed by atoms with Gasteiger partial charge >= 0.3 is 5.97 Å². The minimum atomic E-state index is -0.734. The van der Waals surface area contributed by atoms with Crippen molar-refractivity contribution in [1.29, 1.82) is 0 Å². The van der Waals surface area contributed by atoms with Gasteiger partial charge in [0.1, 0.15) is 30.2 Å². The van der Waals surface area contributed by atoms with Crippen LogP contribution in [0.2, 0.25) is 0 Å². The molecule has 0 bridgehead atoms. The van der Waals surface area contributed by atoms with E-state index in [9.17, 15) is 24.6 Å². The van der Waals surface area contributed by atoms with Crippen LogP contribution in [-0.4, -0.2) is 108 Å². The van der Waals surface area contributed by atoms with Gasteiger partial charge in [-0.3, -0.25) is 9.59 Å². The lowest BCUT2D eigenvalue weighted by Gasteiger charge is -2.27. The maximum absolute atomic E-state index is 13.3. The fourth-order valence-electron chi connectivity index (χ4n) is 10.5. The molecule has 4 heterocycles. The Bertz CT molecular complexity index is 2600. The number of likely N-dealkylation sites (tertiary alicyclic amines) is 1. The molecule has 3 aromatic carbocycles. The molecule has 0 aliphatic carbocycles. The van der Waals surface area contributed by atoms with Crippen molar-refractivity contribution in [2.45, 2.75) is 135 Å². The molecule has 0 saturated carbocycles. The van der Waals surface area contributed by atoms with Gasteiger partial charge in [-0.15, -0.1) is 0 Å². The fourth-order valence-corrected chi connectivity index (χ4v) is 10.5. The number of rotatable bonds is 17. The van der Waals surface area contributed by atoms with Crippen molar-refractivity contribution < 1.29 is 43.5 Å². The highest BCUT2D eigenvalue weighted by molar-refractivity contribution is 6.03. The van der Waals surface area contributed by atoms with Gasteiger partial charge in [0.05, 0.1) is 17.2 Å². The number of carbonyl (C=O) groups is 3. The molecule has 72 heavy (non-hydrogen) atoms. The zero-order valence-corrected chi connectivity index (χ0v) is 43.3. The maximum atomic E-state index is 13.3. The van der Waals surface area contributed by atoms with E-state index in [-0.39, 0.29) is 53.1 Å². The number of cyclic esters (lactones) is 1. The Hall–Kier alpha value is -6.47. The van der Waals surface area contributed by atoms with Crippen LogP contribution in [0.25, 0.3) is 0 Å². The number of nitrogens with zero attached hydrogens (tertiary/aromatic N) is 4. The molecule has 13 nitrogen and oxygen atoms in total. The Morgan fingerprint density at radius 3 is 2.46 bits per heavy atom. The highest BCUT2D eigenvalue weighted by atomic mass is 16.6. The predicted octanol–water partition coefficient (Wildman–Crippen LogP) is 10.3. The van der Waals surface area contributed by atoms with Crippen molar-refractivity contribution >= 4 is 40.6 Å². The summed E-state index contributed by atoms with van der Waals surface area (Å²) in [4.78, 5) is 48.8. The van der Waals surface area contributed by atoms with E-state index >= 15 is 0 Å². The average molecular weight is 983 g/mol. The SMILES string of the molecule is C[C@@H]1C/C=C/[C@@H](OCCCNC(=O)CCCCCCN2/C(=C\C=C\C3=[N+](C)c4ccccc4C3(C)C)C(C)(C)c3ccccc32)C/C=C/C(=NOCC(=O)N2CCCCC2)Cc2cc(O)cc(O)c2C(=O)O1. The molecule has 0 unspecified atom stereocenters. The molecule has 1 fully saturated rings. The number of unbranched alkanes of at least 4 members (excludes halogenated alkanes) is 3. The summed E-state index contributed by atoms with van der Waals surface area (Å²) >= 11 is 0. The van der Waals surface area contributed by atoms with Gasteiger partial charge in [0.25, 0.3) is 5.91 Å². The largest absolute Gasteiger partial charge is 0.508 e. The molecule has 4 aliphatic rings. The van der Waals surface area contributed by atoms with Gasteiger partial charge in [0, 0.05) is 92.6 Å². The van der Waals surface area contributed by atoms with Crippen LogP contribution in [0.1, 0.15) is 132 Å². The number of ether oxygens (including phenoxy) is 2. The highest BCUT2D eigenvalue weighted by Crippen LogP contribution is 2.48. The lowest BCUT2D eigenvalue weighted by Crippen LogP contribution is -2.37. The monoisotopic (exact) mass is 983 g/mol. The number of oxime groups is 1. The van der Waals surface area contributed by atoms with Crippen molar-refractivity contribution in [3.8, 4) is 11.5 Å². The first-order valence-corrected chi connectivity index (χ1v) is 26.1. The molecule has 2 amide bonds. The van der Waals surface area contributed by atoms with E-state index in [2.05, 4.69) is 121 Å². The number of amides is 2. The summed E-state index contributed by atoms with van der Waals surface area (Å²) in [5.41, 5.74) is 8.17. The van der Waals surface area contributed by atoms with E-state index in [1.165, 1.54) is 40.0 Å². The van der Waals surface area contributed by atoms with Crippen LogP contribution in [0.5, 0.6) is 11.5 Å². The van der Waals surface area contributed by atoms with Crippen LogP contribution in [0.3, 0.4) is 0 Å². The number of hydrogen-bond donors (Lipinski definition) is 3. The zero-order valence-electron chi connectivity index (χ0n) is 43.3. The summed E-state index contributed by atoms with van der Waals surface area (Å²) in [6.45, 7) is 14.0. The first-order chi connectivity index (χ1) is 34.6. The molecule has 384 valence electrons. The first-order valence-electron chi connectivity index (χ1n) is 26.1. The Morgan fingerprint density at radius 2 is 1.67 bits per heavy atom. The number of phenolic OH excluding ortho intramolecular Hbond substituents is 2. The summed E-state index contributed by atoms with van der Waals surface area (Å²) < 4.78 is 14.3. The fraction of sp³-hybridized carbons (Fsp3) is 0.475.